The van der Waals surface area contributed by atoms with Crippen molar-refractivity contribution in [2.24, 2.45) is 0 Å². The fourth-order valence-electron chi connectivity index (χ4n) is 3.56. The van der Waals surface area contributed by atoms with Crippen LogP contribution in [0.1, 0.15) is 22.7 Å². The Morgan fingerprint density at radius 1 is 0.971 bits per heavy atom. The number of carbonyl (C=O) groups excluding carboxylic acids is 1. The molecule has 0 fully saturated rings. The average Bonchev–Trinajstić information content (AvgIpc) is 2.88. The molecule has 3 rings (SSSR count). The van der Waals surface area contributed by atoms with Crippen LogP contribution in [0.2, 0.25) is 0 Å². The number of carbonyl (C=O) groups is 1. The number of nitrogens with zero attached hydrogens (tertiary/aromatic N) is 2. The predicted molar refractivity (Wildman–Crippen MR) is 132 cm³/mol. The predicted octanol–water partition coefficient (Wildman–Crippen LogP) is 3.30. The zero-order valence-electron chi connectivity index (χ0n) is 19.8. The van der Waals surface area contributed by atoms with E-state index in [1.165, 1.54) is 25.2 Å². The standard InChI is InChI=1S/C26H27N3O5S/c1-29(35(31,32)25-7-5-4-6-21(25)17-27)18-26(30)28-24(20-10-14-23(34-3)15-11-20)16-19-8-12-22(33-2)13-9-19/h4-15,24H,16,18H2,1-3H3,(H,28,30). The van der Waals surface area contributed by atoms with E-state index in [9.17, 15) is 18.5 Å². The normalized spacial score (nSPS) is 12.0. The van der Waals surface area contributed by atoms with Gasteiger partial charge >= 0.3 is 0 Å². The summed E-state index contributed by atoms with van der Waals surface area (Å²) >= 11 is 0. The number of likely N-dealkylation sites (N-methyl/N-ethyl adjacent to an activating group) is 1. The van der Waals surface area contributed by atoms with Gasteiger partial charge in [0.2, 0.25) is 15.9 Å². The van der Waals surface area contributed by atoms with Gasteiger partial charge in [-0.25, -0.2) is 8.42 Å². The maximum atomic E-state index is 13.0. The van der Waals surface area contributed by atoms with Crippen LogP contribution in [0.3, 0.4) is 0 Å². The first-order chi connectivity index (χ1) is 16.8. The van der Waals surface area contributed by atoms with E-state index in [1.54, 1.807) is 32.4 Å². The Hall–Kier alpha value is -3.87. The number of nitriles is 1. The van der Waals surface area contributed by atoms with Crippen molar-refractivity contribution in [3.63, 3.8) is 0 Å². The molecule has 3 aromatic rings. The molecule has 1 amide bonds. The van der Waals surface area contributed by atoms with Crippen molar-refractivity contribution in [3.8, 4) is 17.6 Å². The number of nitrogens with one attached hydrogen (secondary N) is 1. The van der Waals surface area contributed by atoms with Gasteiger partial charge in [0, 0.05) is 7.05 Å². The molecule has 0 aliphatic carbocycles. The Bertz CT molecular complexity index is 1300. The third-order valence-corrected chi connectivity index (χ3v) is 7.38. The highest BCUT2D eigenvalue weighted by molar-refractivity contribution is 7.89. The second-order valence-electron chi connectivity index (χ2n) is 7.81. The van der Waals surface area contributed by atoms with Crippen LogP contribution in [-0.2, 0) is 21.2 Å². The van der Waals surface area contributed by atoms with Crippen molar-refractivity contribution in [1.29, 1.82) is 5.26 Å². The molecular weight excluding hydrogens is 466 g/mol. The molecule has 182 valence electrons. The SMILES string of the molecule is COc1ccc(CC(NC(=O)CN(C)S(=O)(=O)c2ccccc2C#N)c2ccc(OC)cc2)cc1. The van der Waals surface area contributed by atoms with Crippen LogP contribution < -0.4 is 14.8 Å². The quantitative estimate of drug-likeness (QED) is 0.464. The van der Waals surface area contributed by atoms with Gasteiger partial charge in [-0.15, -0.1) is 0 Å². The maximum Gasteiger partial charge on any atom is 0.244 e. The topological polar surface area (TPSA) is 109 Å². The van der Waals surface area contributed by atoms with Gasteiger partial charge < -0.3 is 14.8 Å². The van der Waals surface area contributed by atoms with Crippen molar-refractivity contribution < 1.29 is 22.7 Å². The van der Waals surface area contributed by atoms with Crippen LogP contribution in [0.5, 0.6) is 11.5 Å². The Kier molecular flexibility index (Phi) is 8.47. The maximum absolute atomic E-state index is 13.0. The summed E-state index contributed by atoms with van der Waals surface area (Å²) in [6.07, 6.45) is 0.482. The molecule has 1 atom stereocenters. The first-order valence-corrected chi connectivity index (χ1v) is 12.2. The molecule has 9 heteroatoms. The second-order valence-corrected chi connectivity index (χ2v) is 9.83. The molecular formula is C26H27N3O5S. The zero-order chi connectivity index (χ0) is 25.4. The molecule has 0 aliphatic rings. The molecule has 3 aromatic carbocycles. The molecule has 1 unspecified atom stereocenters. The first kappa shape index (κ1) is 25.7. The number of ether oxygens (including phenoxy) is 2. The van der Waals surface area contributed by atoms with Crippen molar-refractivity contribution in [1.82, 2.24) is 9.62 Å². The van der Waals surface area contributed by atoms with Gasteiger partial charge in [0.05, 0.1) is 37.3 Å². The van der Waals surface area contributed by atoms with E-state index in [0.29, 0.717) is 12.2 Å². The summed E-state index contributed by atoms with van der Waals surface area (Å²) in [7, 11) is 0.449. The van der Waals surface area contributed by atoms with Crippen LogP contribution in [-0.4, -0.2) is 46.4 Å². The van der Waals surface area contributed by atoms with Gasteiger partial charge in [0.1, 0.15) is 17.6 Å². The van der Waals surface area contributed by atoms with Crippen molar-refractivity contribution in [3.05, 3.63) is 89.5 Å². The van der Waals surface area contributed by atoms with Gasteiger partial charge in [-0.3, -0.25) is 4.79 Å². The highest BCUT2D eigenvalue weighted by Crippen LogP contribution is 2.23. The lowest BCUT2D eigenvalue weighted by molar-refractivity contribution is -0.121. The lowest BCUT2D eigenvalue weighted by atomic mass is 9.98. The molecule has 0 aliphatic heterocycles. The number of amides is 1. The van der Waals surface area contributed by atoms with Crippen molar-refractivity contribution >= 4 is 15.9 Å². The Morgan fingerprint density at radius 3 is 2.11 bits per heavy atom. The van der Waals surface area contributed by atoms with E-state index in [0.717, 1.165) is 21.2 Å². The molecule has 35 heavy (non-hydrogen) atoms. The molecule has 0 bridgehead atoms. The third kappa shape index (κ3) is 6.38. The van der Waals surface area contributed by atoms with Gasteiger partial charge in [-0.05, 0) is 53.9 Å². The Balaban J connectivity index is 1.80. The van der Waals surface area contributed by atoms with E-state index in [2.05, 4.69) is 5.32 Å². The number of hydrogen-bond donors (Lipinski definition) is 1. The number of benzene rings is 3. The summed E-state index contributed by atoms with van der Waals surface area (Å²) in [6.45, 7) is -0.405. The Morgan fingerprint density at radius 2 is 1.54 bits per heavy atom. The lowest BCUT2D eigenvalue weighted by Crippen LogP contribution is -2.40. The molecule has 0 heterocycles. The first-order valence-electron chi connectivity index (χ1n) is 10.8. The lowest BCUT2D eigenvalue weighted by Gasteiger charge is -2.22. The van der Waals surface area contributed by atoms with Gasteiger partial charge in [-0.2, -0.15) is 9.57 Å². The molecule has 0 spiro atoms. The summed E-state index contributed by atoms with van der Waals surface area (Å²) in [4.78, 5) is 12.8. The van der Waals surface area contributed by atoms with E-state index in [1.807, 2.05) is 42.5 Å². The van der Waals surface area contributed by atoms with E-state index < -0.39 is 28.5 Å². The fraction of sp³-hybridized carbons (Fsp3) is 0.231. The minimum atomic E-state index is -4.03. The Labute approximate surface area is 205 Å². The van der Waals surface area contributed by atoms with E-state index in [4.69, 9.17) is 9.47 Å². The number of sulfonamides is 1. The summed E-state index contributed by atoms with van der Waals surface area (Å²) in [5.74, 6) is 0.938. The van der Waals surface area contributed by atoms with Crippen molar-refractivity contribution in [2.75, 3.05) is 27.8 Å². The van der Waals surface area contributed by atoms with Crippen LogP contribution in [0.4, 0.5) is 0 Å². The van der Waals surface area contributed by atoms with Crippen molar-refractivity contribution in [2.45, 2.75) is 17.4 Å². The number of rotatable bonds is 10. The van der Waals surface area contributed by atoms with Crippen LogP contribution in [0, 0.1) is 11.3 Å². The summed E-state index contributed by atoms with van der Waals surface area (Å²) in [5, 5.41) is 12.2. The largest absolute Gasteiger partial charge is 0.497 e. The highest BCUT2D eigenvalue weighted by atomic mass is 32.2. The minimum absolute atomic E-state index is 0.0235. The number of hydrogen-bond acceptors (Lipinski definition) is 6. The van der Waals surface area contributed by atoms with Crippen LogP contribution in [0.15, 0.2) is 77.7 Å². The van der Waals surface area contributed by atoms with E-state index in [-0.39, 0.29) is 10.5 Å². The summed E-state index contributed by atoms with van der Waals surface area (Å²) in [6, 6.07) is 22.2. The minimum Gasteiger partial charge on any atom is -0.497 e. The van der Waals surface area contributed by atoms with Gasteiger partial charge in [0.15, 0.2) is 0 Å². The van der Waals surface area contributed by atoms with Gasteiger partial charge in [0.25, 0.3) is 0 Å². The molecule has 8 nitrogen and oxygen atoms in total. The zero-order valence-corrected chi connectivity index (χ0v) is 20.6. The molecule has 0 saturated carbocycles. The summed E-state index contributed by atoms with van der Waals surface area (Å²) in [5.41, 5.74) is 1.83. The highest BCUT2D eigenvalue weighted by Gasteiger charge is 2.26. The fourth-order valence-corrected chi connectivity index (χ4v) is 4.83. The van der Waals surface area contributed by atoms with E-state index >= 15 is 0 Å². The van der Waals surface area contributed by atoms with Crippen LogP contribution in [0.25, 0.3) is 0 Å². The molecule has 1 N–H and O–H groups in total. The number of methoxy groups -OCH3 is 2. The molecule has 0 aromatic heterocycles. The second kappa shape index (κ2) is 11.5. The monoisotopic (exact) mass is 493 g/mol. The smallest absolute Gasteiger partial charge is 0.244 e. The van der Waals surface area contributed by atoms with Gasteiger partial charge in [-0.1, -0.05) is 36.4 Å². The average molecular weight is 494 g/mol. The summed E-state index contributed by atoms with van der Waals surface area (Å²) < 4.78 is 37.4. The third-order valence-electron chi connectivity index (χ3n) is 5.51. The van der Waals surface area contributed by atoms with Crippen LogP contribution >= 0.6 is 0 Å². The molecule has 0 radical (unpaired) electrons. The molecule has 0 saturated heterocycles.